The van der Waals surface area contributed by atoms with E-state index in [1.165, 1.54) is 5.56 Å². The number of hydrogen-bond acceptors (Lipinski definition) is 3. The van der Waals surface area contributed by atoms with Crippen LogP contribution >= 0.6 is 0 Å². The molecule has 1 heterocycles. The molecule has 18 heavy (non-hydrogen) atoms. The van der Waals surface area contributed by atoms with Gasteiger partial charge >= 0.3 is 0 Å². The molecule has 1 aliphatic rings. The lowest BCUT2D eigenvalue weighted by Crippen LogP contribution is -2.31. The second kappa shape index (κ2) is 4.90. The van der Waals surface area contributed by atoms with Crippen molar-refractivity contribution >= 4 is 0 Å². The van der Waals surface area contributed by atoms with Crippen molar-refractivity contribution in [3.8, 4) is 5.75 Å². The number of phenols is 1. The Morgan fingerprint density at radius 1 is 1.22 bits per heavy atom. The van der Waals surface area contributed by atoms with E-state index < -0.39 is 0 Å². The Bertz CT molecular complexity index is 399. The van der Waals surface area contributed by atoms with Gasteiger partial charge in [0.05, 0.1) is 0 Å². The fraction of sp³-hybridized carbons (Fsp3) is 0.600. The van der Waals surface area contributed by atoms with Gasteiger partial charge in [0.25, 0.3) is 0 Å². The third-order valence-electron chi connectivity index (χ3n) is 3.97. The lowest BCUT2D eigenvalue weighted by atomic mass is 9.78. The number of aliphatic hydroxyl groups is 1. The third kappa shape index (κ3) is 3.03. The Morgan fingerprint density at radius 3 is 2.39 bits per heavy atom. The molecule has 1 aliphatic heterocycles. The first-order valence-electron chi connectivity index (χ1n) is 6.59. The molecule has 1 fully saturated rings. The summed E-state index contributed by atoms with van der Waals surface area (Å²) < 4.78 is 0. The van der Waals surface area contributed by atoms with Crippen molar-refractivity contribution < 1.29 is 10.2 Å². The van der Waals surface area contributed by atoms with E-state index in [2.05, 4.69) is 19.2 Å². The van der Waals surface area contributed by atoms with Gasteiger partial charge in [0.15, 0.2) is 0 Å². The highest BCUT2D eigenvalue weighted by Gasteiger charge is 2.41. The first kappa shape index (κ1) is 13.4. The van der Waals surface area contributed by atoms with Crippen molar-refractivity contribution in [2.75, 3.05) is 13.2 Å². The van der Waals surface area contributed by atoms with Gasteiger partial charge in [-0.1, -0.05) is 12.1 Å². The van der Waals surface area contributed by atoms with Gasteiger partial charge in [0.2, 0.25) is 0 Å². The van der Waals surface area contributed by atoms with Crippen molar-refractivity contribution in [1.29, 1.82) is 0 Å². The quantitative estimate of drug-likeness (QED) is 0.765. The maximum absolute atomic E-state index is 9.69. The van der Waals surface area contributed by atoms with Crippen LogP contribution in [0.4, 0.5) is 0 Å². The molecule has 0 spiro atoms. The zero-order chi connectivity index (χ0) is 13.2. The van der Waals surface area contributed by atoms with Crippen molar-refractivity contribution in [1.82, 2.24) is 5.32 Å². The fourth-order valence-corrected chi connectivity index (χ4v) is 2.93. The zero-order valence-corrected chi connectivity index (χ0v) is 11.2. The van der Waals surface area contributed by atoms with E-state index in [-0.39, 0.29) is 17.6 Å². The van der Waals surface area contributed by atoms with E-state index >= 15 is 0 Å². The van der Waals surface area contributed by atoms with Crippen LogP contribution in [0.1, 0.15) is 32.3 Å². The van der Waals surface area contributed by atoms with Crippen LogP contribution in [0.3, 0.4) is 0 Å². The molecule has 3 nitrogen and oxygen atoms in total. The summed E-state index contributed by atoms with van der Waals surface area (Å²) in [6.07, 6.45) is 2.93. The van der Waals surface area contributed by atoms with Crippen LogP contribution in [0.25, 0.3) is 0 Å². The van der Waals surface area contributed by atoms with E-state index in [0.29, 0.717) is 5.75 Å². The Hall–Kier alpha value is -1.06. The minimum Gasteiger partial charge on any atom is -0.508 e. The molecule has 0 radical (unpaired) electrons. The van der Waals surface area contributed by atoms with E-state index in [1.807, 2.05) is 12.1 Å². The molecule has 0 aliphatic carbocycles. The standard InChI is InChI=1S/C15H23NO2/c1-14(2)9-15(11-17,10-16-14)8-7-12-3-5-13(18)6-4-12/h3-6,16-18H,7-11H2,1-2H3. The van der Waals surface area contributed by atoms with Crippen LogP contribution in [0.2, 0.25) is 0 Å². The highest BCUT2D eigenvalue weighted by atomic mass is 16.3. The molecule has 1 atom stereocenters. The molecule has 3 N–H and O–H groups in total. The molecule has 1 aromatic rings. The summed E-state index contributed by atoms with van der Waals surface area (Å²) in [7, 11) is 0. The summed E-state index contributed by atoms with van der Waals surface area (Å²) in [6.45, 7) is 5.49. The smallest absolute Gasteiger partial charge is 0.115 e. The van der Waals surface area contributed by atoms with E-state index in [9.17, 15) is 10.2 Å². The van der Waals surface area contributed by atoms with Crippen molar-refractivity contribution in [3.05, 3.63) is 29.8 Å². The summed E-state index contributed by atoms with van der Waals surface area (Å²) in [4.78, 5) is 0. The van der Waals surface area contributed by atoms with Gasteiger partial charge in [0.1, 0.15) is 5.75 Å². The summed E-state index contributed by atoms with van der Waals surface area (Å²) in [5.74, 6) is 0.305. The minimum absolute atomic E-state index is 0.00138. The maximum Gasteiger partial charge on any atom is 0.115 e. The van der Waals surface area contributed by atoms with Gasteiger partial charge in [-0.05, 0) is 50.8 Å². The number of benzene rings is 1. The predicted octanol–water partition coefficient (Wildman–Crippen LogP) is 2.08. The first-order chi connectivity index (χ1) is 8.45. The minimum atomic E-state index is 0.00138. The molecule has 0 amide bonds. The summed E-state index contributed by atoms with van der Waals surface area (Å²) in [6, 6.07) is 7.34. The maximum atomic E-state index is 9.69. The third-order valence-corrected chi connectivity index (χ3v) is 3.97. The second-order valence-corrected chi connectivity index (χ2v) is 6.24. The molecule has 100 valence electrons. The average Bonchev–Trinajstić information content (AvgIpc) is 2.65. The number of rotatable bonds is 4. The van der Waals surface area contributed by atoms with Crippen LogP contribution < -0.4 is 5.32 Å². The van der Waals surface area contributed by atoms with E-state index in [1.54, 1.807) is 12.1 Å². The molecular weight excluding hydrogens is 226 g/mol. The van der Waals surface area contributed by atoms with Gasteiger partial charge in [-0.15, -0.1) is 0 Å². The van der Waals surface area contributed by atoms with Gasteiger partial charge in [0, 0.05) is 24.1 Å². The van der Waals surface area contributed by atoms with Crippen LogP contribution in [0.15, 0.2) is 24.3 Å². The lowest BCUT2D eigenvalue weighted by molar-refractivity contribution is 0.127. The summed E-state index contributed by atoms with van der Waals surface area (Å²) >= 11 is 0. The van der Waals surface area contributed by atoms with Crippen LogP contribution in [0, 0.1) is 5.41 Å². The molecule has 1 saturated heterocycles. The monoisotopic (exact) mass is 249 g/mol. The van der Waals surface area contributed by atoms with Gasteiger partial charge < -0.3 is 15.5 Å². The Morgan fingerprint density at radius 2 is 1.89 bits per heavy atom. The molecule has 3 heteroatoms. The molecule has 0 bridgehead atoms. The normalized spacial score (nSPS) is 26.4. The highest BCUT2D eigenvalue weighted by Crippen LogP contribution is 2.38. The molecule has 0 aromatic heterocycles. The zero-order valence-electron chi connectivity index (χ0n) is 11.2. The van der Waals surface area contributed by atoms with Crippen LogP contribution in [0.5, 0.6) is 5.75 Å². The van der Waals surface area contributed by atoms with Crippen LogP contribution in [-0.2, 0) is 6.42 Å². The Labute approximate surface area is 109 Å². The highest BCUT2D eigenvalue weighted by molar-refractivity contribution is 5.26. The van der Waals surface area contributed by atoms with Gasteiger partial charge in [-0.2, -0.15) is 0 Å². The summed E-state index contributed by atoms with van der Waals surface area (Å²) in [5, 5.41) is 22.4. The van der Waals surface area contributed by atoms with Gasteiger partial charge in [-0.3, -0.25) is 0 Å². The lowest BCUT2D eigenvalue weighted by Gasteiger charge is -2.27. The molecule has 1 aromatic carbocycles. The predicted molar refractivity (Wildman–Crippen MR) is 72.6 cm³/mol. The molecule has 1 unspecified atom stereocenters. The fourth-order valence-electron chi connectivity index (χ4n) is 2.93. The SMILES string of the molecule is CC1(C)CC(CO)(CCc2ccc(O)cc2)CN1. The Balaban J connectivity index is 1.98. The number of hydrogen-bond donors (Lipinski definition) is 3. The Kier molecular flexibility index (Phi) is 3.64. The number of aryl methyl sites for hydroxylation is 1. The molecular formula is C15H23NO2. The van der Waals surface area contributed by atoms with Gasteiger partial charge in [-0.25, -0.2) is 0 Å². The number of aliphatic hydroxyl groups excluding tert-OH is 1. The van der Waals surface area contributed by atoms with Crippen molar-refractivity contribution in [2.24, 2.45) is 5.41 Å². The van der Waals surface area contributed by atoms with Crippen LogP contribution in [-0.4, -0.2) is 28.9 Å². The molecule has 2 rings (SSSR count). The topological polar surface area (TPSA) is 52.5 Å². The second-order valence-electron chi connectivity index (χ2n) is 6.24. The number of nitrogens with one attached hydrogen (secondary N) is 1. The number of aromatic hydroxyl groups is 1. The average molecular weight is 249 g/mol. The van der Waals surface area contributed by atoms with E-state index in [4.69, 9.17) is 0 Å². The largest absolute Gasteiger partial charge is 0.508 e. The van der Waals surface area contributed by atoms with E-state index in [0.717, 1.165) is 25.8 Å². The first-order valence-corrected chi connectivity index (χ1v) is 6.59. The summed E-state index contributed by atoms with van der Waals surface area (Å²) in [5.41, 5.74) is 1.34. The number of phenolic OH excluding ortho intramolecular Hbond substituents is 1. The van der Waals surface area contributed by atoms with Crippen molar-refractivity contribution in [2.45, 2.75) is 38.6 Å². The van der Waals surface area contributed by atoms with Crippen molar-refractivity contribution in [3.63, 3.8) is 0 Å². The molecule has 0 saturated carbocycles.